The number of benzene rings is 1. The van der Waals surface area contributed by atoms with E-state index in [-0.39, 0.29) is 17.7 Å². The second kappa shape index (κ2) is 5.49. The van der Waals surface area contributed by atoms with Crippen molar-refractivity contribution in [2.45, 2.75) is 25.4 Å². The molecule has 1 aromatic carbocycles. The van der Waals surface area contributed by atoms with Crippen LogP contribution in [0.1, 0.15) is 18.7 Å². The molecule has 1 unspecified atom stereocenters. The van der Waals surface area contributed by atoms with Crippen molar-refractivity contribution < 1.29 is 14.2 Å². The predicted molar refractivity (Wildman–Crippen MR) is 73.5 cm³/mol. The van der Waals surface area contributed by atoms with Crippen LogP contribution in [-0.4, -0.2) is 27.8 Å². The third-order valence-electron chi connectivity index (χ3n) is 3.38. The summed E-state index contributed by atoms with van der Waals surface area (Å²) >= 11 is 0. The third kappa shape index (κ3) is 2.84. The molecule has 0 spiro atoms. The summed E-state index contributed by atoms with van der Waals surface area (Å²) in [4.78, 5) is 14.6. The summed E-state index contributed by atoms with van der Waals surface area (Å²) in [5.41, 5.74) is 6.47. The first-order chi connectivity index (χ1) is 10.1. The Labute approximate surface area is 120 Å². The number of non-ortho nitro benzene ring substituents is 1. The average molecular weight is 290 g/mol. The van der Waals surface area contributed by atoms with E-state index < -0.39 is 4.92 Å². The number of nitrogens with two attached hydrogens (primary N) is 1. The molecule has 8 heteroatoms. The highest BCUT2D eigenvalue weighted by molar-refractivity contribution is 5.73. The number of nitrogen functional groups attached to an aromatic ring is 1. The van der Waals surface area contributed by atoms with Crippen LogP contribution in [0.2, 0.25) is 0 Å². The molecule has 8 nitrogen and oxygen atoms in total. The van der Waals surface area contributed by atoms with Gasteiger partial charge in [0.1, 0.15) is 0 Å². The maximum atomic E-state index is 10.8. The first-order valence-electron chi connectivity index (χ1n) is 6.62. The van der Waals surface area contributed by atoms with E-state index in [9.17, 15) is 10.1 Å². The van der Waals surface area contributed by atoms with Gasteiger partial charge in [-0.1, -0.05) is 5.16 Å². The molecule has 2 heterocycles. The molecule has 2 aromatic rings. The van der Waals surface area contributed by atoms with E-state index in [1.165, 1.54) is 18.2 Å². The number of nitrogens with zero attached hydrogens (tertiary/aromatic N) is 3. The van der Waals surface area contributed by atoms with Crippen LogP contribution in [-0.2, 0) is 11.2 Å². The smallest absolute Gasteiger partial charge is 0.270 e. The van der Waals surface area contributed by atoms with E-state index in [0.717, 1.165) is 19.4 Å². The van der Waals surface area contributed by atoms with Crippen LogP contribution in [0.3, 0.4) is 0 Å². The zero-order valence-electron chi connectivity index (χ0n) is 11.2. The summed E-state index contributed by atoms with van der Waals surface area (Å²) < 4.78 is 10.7. The SMILES string of the molecule is Nc1ccc([N+](=O)[O-])cc1-c1nc(CC2CCCO2)no1. The maximum absolute atomic E-state index is 10.8. The second-order valence-electron chi connectivity index (χ2n) is 4.88. The Morgan fingerprint density at radius 1 is 1.48 bits per heavy atom. The van der Waals surface area contributed by atoms with Gasteiger partial charge in [-0.15, -0.1) is 0 Å². The lowest BCUT2D eigenvalue weighted by molar-refractivity contribution is -0.384. The molecule has 110 valence electrons. The number of nitro groups is 1. The van der Waals surface area contributed by atoms with Crippen molar-refractivity contribution in [3.63, 3.8) is 0 Å². The van der Waals surface area contributed by atoms with Crippen LogP contribution in [0.4, 0.5) is 11.4 Å². The summed E-state index contributed by atoms with van der Waals surface area (Å²) in [7, 11) is 0. The third-order valence-corrected chi connectivity index (χ3v) is 3.38. The highest BCUT2D eigenvalue weighted by atomic mass is 16.6. The quantitative estimate of drug-likeness (QED) is 0.519. The zero-order valence-corrected chi connectivity index (χ0v) is 11.2. The van der Waals surface area contributed by atoms with E-state index in [4.69, 9.17) is 15.0 Å². The Morgan fingerprint density at radius 3 is 3.05 bits per heavy atom. The van der Waals surface area contributed by atoms with E-state index in [1.807, 2.05) is 0 Å². The molecule has 1 aliphatic rings. The van der Waals surface area contributed by atoms with Crippen molar-refractivity contribution in [2.75, 3.05) is 12.3 Å². The molecular weight excluding hydrogens is 276 g/mol. The number of aromatic nitrogens is 2. The van der Waals surface area contributed by atoms with E-state index >= 15 is 0 Å². The van der Waals surface area contributed by atoms with Crippen LogP contribution in [0.5, 0.6) is 0 Å². The van der Waals surface area contributed by atoms with Crippen molar-refractivity contribution in [2.24, 2.45) is 0 Å². The first-order valence-corrected chi connectivity index (χ1v) is 6.62. The molecule has 3 rings (SSSR count). The number of hydrogen-bond acceptors (Lipinski definition) is 7. The molecule has 1 atom stereocenters. The van der Waals surface area contributed by atoms with Gasteiger partial charge in [-0.2, -0.15) is 4.98 Å². The van der Waals surface area contributed by atoms with Crippen molar-refractivity contribution >= 4 is 11.4 Å². The maximum Gasteiger partial charge on any atom is 0.270 e. The molecule has 1 aliphatic heterocycles. The van der Waals surface area contributed by atoms with Gasteiger partial charge >= 0.3 is 0 Å². The van der Waals surface area contributed by atoms with Gasteiger partial charge in [0.2, 0.25) is 0 Å². The number of ether oxygens (including phenoxy) is 1. The predicted octanol–water partition coefficient (Wildman–Crippen LogP) is 1.95. The fraction of sp³-hybridized carbons (Fsp3) is 0.385. The topological polar surface area (TPSA) is 117 Å². The fourth-order valence-electron chi connectivity index (χ4n) is 2.30. The van der Waals surface area contributed by atoms with Gasteiger partial charge in [0, 0.05) is 30.8 Å². The van der Waals surface area contributed by atoms with E-state index in [2.05, 4.69) is 10.1 Å². The molecule has 0 aliphatic carbocycles. The molecule has 0 saturated carbocycles. The van der Waals surface area contributed by atoms with Crippen molar-refractivity contribution in [3.8, 4) is 11.5 Å². The van der Waals surface area contributed by atoms with Gasteiger partial charge < -0.3 is 15.0 Å². The van der Waals surface area contributed by atoms with Crippen LogP contribution < -0.4 is 5.73 Å². The summed E-state index contributed by atoms with van der Waals surface area (Å²) in [6.45, 7) is 0.757. The molecule has 1 fully saturated rings. The zero-order chi connectivity index (χ0) is 14.8. The molecular formula is C13H14N4O4. The fourth-order valence-corrected chi connectivity index (χ4v) is 2.30. The number of rotatable bonds is 4. The van der Waals surface area contributed by atoms with Crippen LogP contribution in [0.15, 0.2) is 22.7 Å². The van der Waals surface area contributed by atoms with Crippen molar-refractivity contribution in [1.82, 2.24) is 10.1 Å². The summed E-state index contributed by atoms with van der Waals surface area (Å²) in [5, 5.41) is 14.7. The average Bonchev–Trinajstić information content (AvgIpc) is 3.11. The summed E-state index contributed by atoms with van der Waals surface area (Å²) in [6.07, 6.45) is 2.69. The van der Waals surface area contributed by atoms with E-state index in [0.29, 0.717) is 23.5 Å². The van der Waals surface area contributed by atoms with Crippen molar-refractivity contribution in [1.29, 1.82) is 0 Å². The summed E-state index contributed by atoms with van der Waals surface area (Å²) in [6, 6.07) is 4.12. The Kier molecular flexibility index (Phi) is 3.53. The van der Waals surface area contributed by atoms with Gasteiger partial charge in [-0.3, -0.25) is 10.1 Å². The van der Waals surface area contributed by atoms with E-state index in [1.54, 1.807) is 0 Å². The highest BCUT2D eigenvalue weighted by Crippen LogP contribution is 2.29. The first kappa shape index (κ1) is 13.5. The van der Waals surface area contributed by atoms with Gasteiger partial charge in [-0.05, 0) is 18.9 Å². The number of anilines is 1. The lowest BCUT2D eigenvalue weighted by atomic mass is 10.1. The molecule has 1 saturated heterocycles. The van der Waals surface area contributed by atoms with Gasteiger partial charge in [-0.25, -0.2) is 0 Å². The largest absolute Gasteiger partial charge is 0.398 e. The standard InChI is InChI=1S/C13H14N4O4/c14-11-4-3-8(17(18)19)6-10(11)13-15-12(16-21-13)7-9-2-1-5-20-9/h3-4,6,9H,1-2,5,7,14H2. The molecule has 0 radical (unpaired) electrons. The normalized spacial score (nSPS) is 18.0. The van der Waals surface area contributed by atoms with Gasteiger partial charge in [0.05, 0.1) is 16.6 Å². The number of hydrogen-bond donors (Lipinski definition) is 1. The summed E-state index contributed by atoms with van der Waals surface area (Å²) in [5.74, 6) is 0.701. The Bertz CT molecular complexity index is 664. The highest BCUT2D eigenvalue weighted by Gasteiger charge is 2.21. The van der Waals surface area contributed by atoms with Crippen LogP contribution in [0.25, 0.3) is 11.5 Å². The Balaban J connectivity index is 1.85. The van der Waals surface area contributed by atoms with Crippen LogP contribution in [0, 0.1) is 10.1 Å². The molecule has 2 N–H and O–H groups in total. The minimum absolute atomic E-state index is 0.0712. The minimum Gasteiger partial charge on any atom is -0.398 e. The van der Waals surface area contributed by atoms with Crippen molar-refractivity contribution in [3.05, 3.63) is 34.1 Å². The molecule has 21 heavy (non-hydrogen) atoms. The number of nitro benzene ring substituents is 1. The molecule has 0 bridgehead atoms. The lowest BCUT2D eigenvalue weighted by Crippen LogP contribution is -2.09. The lowest BCUT2D eigenvalue weighted by Gasteiger charge is -2.04. The van der Waals surface area contributed by atoms with Gasteiger partial charge in [0.25, 0.3) is 11.6 Å². The van der Waals surface area contributed by atoms with Gasteiger partial charge in [0.15, 0.2) is 5.82 Å². The second-order valence-corrected chi connectivity index (χ2v) is 4.88. The Hall–Kier alpha value is -2.48. The Morgan fingerprint density at radius 2 is 2.33 bits per heavy atom. The monoisotopic (exact) mass is 290 g/mol. The molecule has 1 aromatic heterocycles. The molecule has 0 amide bonds. The minimum atomic E-state index is -0.493. The van der Waals surface area contributed by atoms with Crippen LogP contribution >= 0.6 is 0 Å².